The molecule has 3 aromatic rings. The highest BCUT2D eigenvalue weighted by molar-refractivity contribution is 7.10. The van der Waals surface area contributed by atoms with Crippen molar-refractivity contribution < 1.29 is 0 Å². The Hall–Kier alpha value is -2.13. The molecule has 0 spiro atoms. The van der Waals surface area contributed by atoms with Crippen LogP contribution in [0.25, 0.3) is 11.3 Å². The number of nitrogen functional groups attached to an aromatic ring is 1. The zero-order chi connectivity index (χ0) is 13.1. The zero-order valence-corrected chi connectivity index (χ0v) is 11.2. The second kappa shape index (κ2) is 5.24. The van der Waals surface area contributed by atoms with Crippen LogP contribution in [0, 0.1) is 0 Å². The highest BCUT2D eigenvalue weighted by Gasteiger charge is 2.05. The topological polar surface area (TPSA) is 38.9 Å². The summed E-state index contributed by atoms with van der Waals surface area (Å²) in [5.74, 6) is 0. The van der Waals surface area contributed by atoms with E-state index in [1.54, 1.807) is 11.3 Å². The number of nitrogens with zero attached hydrogens (tertiary/aromatic N) is 1. The fourth-order valence-corrected chi connectivity index (χ4v) is 2.79. The third kappa shape index (κ3) is 2.83. The molecular formula is C16H14N2S. The van der Waals surface area contributed by atoms with Gasteiger partial charge in [0.2, 0.25) is 0 Å². The van der Waals surface area contributed by atoms with Gasteiger partial charge in [0, 0.05) is 23.1 Å². The van der Waals surface area contributed by atoms with E-state index < -0.39 is 0 Å². The number of benzene rings is 2. The number of thiazole rings is 1. The normalized spacial score (nSPS) is 10.5. The molecule has 0 saturated heterocycles. The van der Waals surface area contributed by atoms with Gasteiger partial charge >= 0.3 is 0 Å². The van der Waals surface area contributed by atoms with Gasteiger partial charge < -0.3 is 5.73 Å². The van der Waals surface area contributed by atoms with Crippen LogP contribution in [0.1, 0.15) is 10.6 Å². The van der Waals surface area contributed by atoms with Crippen molar-refractivity contribution in [2.45, 2.75) is 6.42 Å². The highest BCUT2D eigenvalue weighted by Crippen LogP contribution is 2.24. The number of nitrogens with two attached hydrogens (primary N) is 1. The average Bonchev–Trinajstić information content (AvgIpc) is 2.89. The van der Waals surface area contributed by atoms with Crippen LogP contribution >= 0.6 is 11.3 Å². The summed E-state index contributed by atoms with van der Waals surface area (Å²) in [7, 11) is 0. The van der Waals surface area contributed by atoms with Gasteiger partial charge in [-0.05, 0) is 17.7 Å². The first-order valence-electron chi connectivity index (χ1n) is 6.15. The van der Waals surface area contributed by atoms with Crippen molar-refractivity contribution in [1.82, 2.24) is 4.98 Å². The van der Waals surface area contributed by atoms with E-state index in [1.165, 1.54) is 5.56 Å². The molecule has 0 amide bonds. The molecule has 0 radical (unpaired) electrons. The smallest absolute Gasteiger partial charge is 0.0976 e. The predicted octanol–water partition coefficient (Wildman–Crippen LogP) is 3.98. The number of hydrogen-bond acceptors (Lipinski definition) is 3. The van der Waals surface area contributed by atoms with Gasteiger partial charge in [0.05, 0.1) is 10.7 Å². The minimum Gasteiger partial charge on any atom is -0.399 e. The molecule has 0 aliphatic rings. The van der Waals surface area contributed by atoms with Crippen LogP contribution in [0.5, 0.6) is 0 Å². The maximum Gasteiger partial charge on any atom is 0.0976 e. The Morgan fingerprint density at radius 3 is 2.42 bits per heavy atom. The number of anilines is 1. The maximum atomic E-state index is 5.69. The Kier molecular flexibility index (Phi) is 3.29. The van der Waals surface area contributed by atoms with Gasteiger partial charge in [-0.3, -0.25) is 0 Å². The van der Waals surface area contributed by atoms with Crippen LogP contribution < -0.4 is 5.73 Å². The summed E-state index contributed by atoms with van der Waals surface area (Å²) in [5, 5.41) is 3.24. The number of hydrogen-bond donors (Lipinski definition) is 1. The Labute approximate surface area is 116 Å². The molecule has 2 aromatic carbocycles. The van der Waals surface area contributed by atoms with Gasteiger partial charge in [0.25, 0.3) is 0 Å². The highest BCUT2D eigenvalue weighted by atomic mass is 32.1. The first kappa shape index (κ1) is 11.9. The Morgan fingerprint density at radius 2 is 1.68 bits per heavy atom. The van der Waals surface area contributed by atoms with Crippen molar-refractivity contribution in [3.8, 4) is 11.3 Å². The molecule has 94 valence electrons. The largest absolute Gasteiger partial charge is 0.399 e. The Morgan fingerprint density at radius 1 is 0.947 bits per heavy atom. The minimum atomic E-state index is 0.781. The molecule has 2 nitrogen and oxygen atoms in total. The van der Waals surface area contributed by atoms with E-state index in [1.807, 2.05) is 30.3 Å². The first-order chi connectivity index (χ1) is 9.31. The lowest BCUT2D eigenvalue weighted by atomic mass is 10.1. The Balaban J connectivity index is 1.82. The second-order valence-corrected chi connectivity index (χ2v) is 5.35. The number of aromatic nitrogens is 1. The summed E-state index contributed by atoms with van der Waals surface area (Å²) in [5.41, 5.74) is 9.91. The monoisotopic (exact) mass is 266 g/mol. The van der Waals surface area contributed by atoms with Crippen molar-refractivity contribution in [2.24, 2.45) is 0 Å². The molecule has 0 bridgehead atoms. The zero-order valence-electron chi connectivity index (χ0n) is 10.4. The lowest BCUT2D eigenvalue weighted by molar-refractivity contribution is 1.14. The van der Waals surface area contributed by atoms with Crippen molar-refractivity contribution in [3.05, 3.63) is 70.5 Å². The number of rotatable bonds is 3. The van der Waals surface area contributed by atoms with Crippen molar-refractivity contribution in [1.29, 1.82) is 0 Å². The standard InChI is InChI=1S/C16H14N2S/c17-14-8-6-13(7-9-14)15-11-19-16(18-15)10-12-4-2-1-3-5-12/h1-9,11H,10,17H2. The summed E-state index contributed by atoms with van der Waals surface area (Å²) >= 11 is 1.70. The third-order valence-corrected chi connectivity index (χ3v) is 3.81. The molecule has 2 N–H and O–H groups in total. The molecule has 1 aromatic heterocycles. The van der Waals surface area contributed by atoms with Gasteiger partial charge in [-0.2, -0.15) is 0 Å². The molecule has 0 saturated carbocycles. The maximum absolute atomic E-state index is 5.69. The van der Waals surface area contributed by atoms with Crippen LogP contribution in [0.4, 0.5) is 5.69 Å². The van der Waals surface area contributed by atoms with Crippen LogP contribution in [-0.4, -0.2) is 4.98 Å². The van der Waals surface area contributed by atoms with E-state index >= 15 is 0 Å². The molecule has 0 unspecified atom stereocenters. The van der Waals surface area contributed by atoms with Gasteiger partial charge in [0.15, 0.2) is 0 Å². The summed E-state index contributed by atoms with van der Waals surface area (Å²) in [6.45, 7) is 0. The lowest BCUT2D eigenvalue weighted by Gasteiger charge is -1.98. The molecule has 0 fully saturated rings. The molecule has 3 heteroatoms. The van der Waals surface area contributed by atoms with E-state index in [0.29, 0.717) is 0 Å². The van der Waals surface area contributed by atoms with Crippen molar-refractivity contribution in [2.75, 3.05) is 5.73 Å². The second-order valence-electron chi connectivity index (χ2n) is 4.41. The van der Waals surface area contributed by atoms with Crippen LogP contribution in [0.3, 0.4) is 0 Å². The molecule has 0 atom stereocenters. The molecule has 0 aliphatic carbocycles. The van der Waals surface area contributed by atoms with E-state index in [0.717, 1.165) is 28.4 Å². The molecule has 3 rings (SSSR count). The van der Waals surface area contributed by atoms with E-state index in [9.17, 15) is 0 Å². The quantitative estimate of drug-likeness (QED) is 0.728. The van der Waals surface area contributed by atoms with Gasteiger partial charge in [-0.15, -0.1) is 11.3 Å². The van der Waals surface area contributed by atoms with Gasteiger partial charge in [-0.1, -0.05) is 42.5 Å². The average molecular weight is 266 g/mol. The van der Waals surface area contributed by atoms with Crippen molar-refractivity contribution in [3.63, 3.8) is 0 Å². The lowest BCUT2D eigenvalue weighted by Crippen LogP contribution is -1.87. The predicted molar refractivity (Wildman–Crippen MR) is 81.2 cm³/mol. The third-order valence-electron chi connectivity index (χ3n) is 2.96. The summed E-state index contributed by atoms with van der Waals surface area (Å²) in [6, 6.07) is 18.2. The van der Waals surface area contributed by atoms with Crippen LogP contribution in [0.15, 0.2) is 60.0 Å². The van der Waals surface area contributed by atoms with E-state index in [-0.39, 0.29) is 0 Å². The molecule has 0 aliphatic heterocycles. The van der Waals surface area contributed by atoms with Gasteiger partial charge in [-0.25, -0.2) is 4.98 Å². The van der Waals surface area contributed by atoms with E-state index in [4.69, 9.17) is 5.73 Å². The summed E-state index contributed by atoms with van der Waals surface area (Å²) in [6.07, 6.45) is 0.889. The van der Waals surface area contributed by atoms with Crippen LogP contribution in [-0.2, 0) is 6.42 Å². The Bertz CT molecular complexity index is 657. The first-order valence-corrected chi connectivity index (χ1v) is 7.03. The van der Waals surface area contributed by atoms with Crippen LogP contribution in [0.2, 0.25) is 0 Å². The fraction of sp³-hybridized carbons (Fsp3) is 0.0625. The SMILES string of the molecule is Nc1ccc(-c2csc(Cc3ccccc3)n2)cc1. The molecule has 19 heavy (non-hydrogen) atoms. The van der Waals surface area contributed by atoms with E-state index in [2.05, 4.69) is 34.6 Å². The summed E-state index contributed by atoms with van der Waals surface area (Å²) in [4.78, 5) is 4.68. The molecule has 1 heterocycles. The minimum absolute atomic E-state index is 0.781. The van der Waals surface area contributed by atoms with Crippen molar-refractivity contribution >= 4 is 17.0 Å². The molecular weight excluding hydrogens is 252 g/mol. The fourth-order valence-electron chi connectivity index (χ4n) is 1.95. The van der Waals surface area contributed by atoms with Gasteiger partial charge in [0.1, 0.15) is 0 Å². The summed E-state index contributed by atoms with van der Waals surface area (Å²) < 4.78 is 0.